The van der Waals surface area contributed by atoms with Crippen LogP contribution in [0.25, 0.3) is 10.1 Å². The highest BCUT2D eigenvalue weighted by molar-refractivity contribution is 7.70. The van der Waals surface area contributed by atoms with Crippen molar-refractivity contribution >= 4 is 45.2 Å². The molecule has 2 saturated heterocycles. The molecule has 0 bridgehead atoms. The summed E-state index contributed by atoms with van der Waals surface area (Å²) in [6, 6.07) is 11.7. The third-order valence-electron chi connectivity index (χ3n) is 8.56. The number of nitrogens with zero attached hydrogens (tertiary/aromatic N) is 1. The van der Waals surface area contributed by atoms with Crippen molar-refractivity contribution in [3.05, 3.63) is 46.8 Å². The van der Waals surface area contributed by atoms with E-state index in [2.05, 4.69) is 34.3 Å². The Morgan fingerprint density at radius 3 is 2.59 bits per heavy atom. The van der Waals surface area contributed by atoms with Gasteiger partial charge in [0.05, 0.1) is 41.0 Å². The van der Waals surface area contributed by atoms with Crippen LogP contribution in [0, 0.1) is 17.8 Å². The number of thiophene rings is 1. The lowest BCUT2D eigenvalue weighted by Gasteiger charge is -2.42. The van der Waals surface area contributed by atoms with Crippen molar-refractivity contribution in [2.75, 3.05) is 63.9 Å². The van der Waals surface area contributed by atoms with Crippen molar-refractivity contribution in [1.82, 2.24) is 4.90 Å². The fraction of sp³-hybridized carbons (Fsp3) is 0.515. The Bertz CT molecular complexity index is 1570. The van der Waals surface area contributed by atoms with Crippen molar-refractivity contribution in [2.24, 2.45) is 5.92 Å². The van der Waals surface area contributed by atoms with E-state index in [1.165, 1.54) is 18.4 Å². The number of nitrogens with one attached hydrogen (secondary N) is 2. The summed E-state index contributed by atoms with van der Waals surface area (Å²) < 4.78 is 65.5. The second kappa shape index (κ2) is 13.7. The second-order valence-electron chi connectivity index (χ2n) is 12.1. The third kappa shape index (κ3) is 7.92. The summed E-state index contributed by atoms with van der Waals surface area (Å²) in [6.07, 6.45) is -2.27. The van der Waals surface area contributed by atoms with Crippen LogP contribution in [-0.2, 0) is 15.7 Å². The largest absolute Gasteiger partial charge is 0.495 e. The first-order valence-corrected chi connectivity index (χ1v) is 18.5. The SMILES string of the molecule is COc1cc(P(C)(C)=O)ccc1NCC#Cc1sc2c(N[C@H]3CCN(C4CCOCC4)C[C@H]3C)cccc2c1CC(F)(F)F. The van der Waals surface area contributed by atoms with Gasteiger partial charge in [-0.2, -0.15) is 13.2 Å². The Labute approximate surface area is 262 Å². The normalized spacial score (nSPS) is 20.2. The molecule has 0 spiro atoms. The van der Waals surface area contributed by atoms with E-state index in [4.69, 9.17) is 9.47 Å². The maximum Gasteiger partial charge on any atom is 0.393 e. The fourth-order valence-corrected chi connectivity index (χ4v) is 8.19. The Morgan fingerprint density at radius 1 is 1.14 bits per heavy atom. The van der Waals surface area contributed by atoms with Crippen LogP contribution in [-0.4, -0.2) is 76.4 Å². The molecule has 5 rings (SSSR count). The molecule has 2 N–H and O–H groups in total. The summed E-state index contributed by atoms with van der Waals surface area (Å²) in [6.45, 7) is 9.49. The number of anilines is 2. The molecule has 0 amide bonds. The molecule has 0 radical (unpaired) electrons. The minimum atomic E-state index is -4.36. The summed E-state index contributed by atoms with van der Waals surface area (Å²) in [5, 5.41) is 8.19. The number of ether oxygens (including phenoxy) is 2. The minimum Gasteiger partial charge on any atom is -0.495 e. The molecule has 2 fully saturated rings. The lowest BCUT2D eigenvalue weighted by atomic mass is 9.91. The second-order valence-corrected chi connectivity index (χ2v) is 16.4. The molecular formula is C33H41F3N3O3PS. The number of rotatable bonds is 8. The topological polar surface area (TPSA) is 62.8 Å². The zero-order valence-electron chi connectivity index (χ0n) is 25.7. The summed E-state index contributed by atoms with van der Waals surface area (Å²) in [4.78, 5) is 3.01. The maximum atomic E-state index is 13.7. The van der Waals surface area contributed by atoms with Gasteiger partial charge in [0.15, 0.2) is 0 Å². The van der Waals surface area contributed by atoms with Crippen LogP contribution in [0.1, 0.15) is 36.6 Å². The van der Waals surface area contributed by atoms with Gasteiger partial charge in [-0.05, 0) is 73.7 Å². The summed E-state index contributed by atoms with van der Waals surface area (Å²) >= 11 is 1.32. The molecule has 0 aliphatic carbocycles. The number of benzene rings is 2. The molecule has 238 valence electrons. The van der Waals surface area contributed by atoms with Crippen molar-refractivity contribution in [3.63, 3.8) is 0 Å². The highest BCUT2D eigenvalue weighted by Gasteiger charge is 2.33. The standard InChI is InChI=1S/C33H41F3N3O3PS/c1-22-21-39(23-13-17-42-18-14-23)16-12-27(22)38-29-8-5-7-25-26(20-33(34,35)36)31(44-32(25)29)9-6-15-37-28-11-10-24(43(3,4)40)19-30(28)41-2/h5,7-8,10-11,19,22-23,27,37-38H,12-18,20-21H2,1-4H3/t22-,27+/m1/s1. The number of hydrogen-bond donors (Lipinski definition) is 2. The first-order chi connectivity index (χ1) is 20.9. The average molecular weight is 648 g/mol. The van der Waals surface area contributed by atoms with Crippen LogP contribution >= 0.6 is 18.5 Å². The van der Waals surface area contributed by atoms with Crippen molar-refractivity contribution in [1.29, 1.82) is 0 Å². The van der Waals surface area contributed by atoms with Crippen LogP contribution in [0.4, 0.5) is 24.5 Å². The van der Waals surface area contributed by atoms with Crippen LogP contribution in [0.2, 0.25) is 0 Å². The average Bonchev–Trinajstić information content (AvgIpc) is 3.32. The molecule has 2 aliphatic rings. The molecule has 1 aromatic heterocycles. The van der Waals surface area contributed by atoms with Gasteiger partial charge in [-0.3, -0.25) is 4.90 Å². The number of hydrogen-bond acceptors (Lipinski definition) is 7. The summed E-state index contributed by atoms with van der Waals surface area (Å²) in [7, 11) is -0.917. The van der Waals surface area contributed by atoms with E-state index in [1.54, 1.807) is 37.6 Å². The van der Waals surface area contributed by atoms with E-state index in [1.807, 2.05) is 12.1 Å². The lowest BCUT2D eigenvalue weighted by Crippen LogP contribution is -2.50. The molecule has 2 aliphatic heterocycles. The predicted molar refractivity (Wildman–Crippen MR) is 176 cm³/mol. The van der Waals surface area contributed by atoms with E-state index in [9.17, 15) is 17.7 Å². The van der Waals surface area contributed by atoms with Crippen molar-refractivity contribution in [3.8, 4) is 17.6 Å². The van der Waals surface area contributed by atoms with Gasteiger partial charge in [-0.15, -0.1) is 11.3 Å². The smallest absolute Gasteiger partial charge is 0.393 e. The van der Waals surface area contributed by atoms with E-state index in [-0.39, 0.29) is 18.2 Å². The van der Waals surface area contributed by atoms with Gasteiger partial charge in [0.25, 0.3) is 0 Å². The molecule has 2 aromatic carbocycles. The number of alkyl halides is 3. The van der Waals surface area contributed by atoms with Gasteiger partial charge >= 0.3 is 6.18 Å². The highest BCUT2D eigenvalue weighted by atomic mass is 32.1. The fourth-order valence-electron chi connectivity index (χ4n) is 6.16. The van der Waals surface area contributed by atoms with Crippen LogP contribution in [0.3, 0.4) is 0 Å². The first kappa shape index (κ1) is 32.7. The number of halogens is 3. The van der Waals surface area contributed by atoms with E-state index >= 15 is 0 Å². The Morgan fingerprint density at radius 2 is 1.91 bits per heavy atom. The number of piperidine rings is 1. The Hall–Kier alpha value is -2.70. The minimum absolute atomic E-state index is 0.208. The monoisotopic (exact) mass is 647 g/mol. The molecule has 11 heteroatoms. The number of methoxy groups -OCH3 is 1. The summed E-state index contributed by atoms with van der Waals surface area (Å²) in [5.74, 6) is 6.98. The predicted octanol–water partition coefficient (Wildman–Crippen LogP) is 7.03. The molecule has 6 nitrogen and oxygen atoms in total. The van der Waals surface area contributed by atoms with Gasteiger partial charge in [0.2, 0.25) is 0 Å². The molecule has 0 unspecified atom stereocenters. The van der Waals surface area contributed by atoms with E-state index < -0.39 is 19.7 Å². The van der Waals surface area contributed by atoms with Gasteiger partial charge in [0, 0.05) is 43.7 Å². The molecule has 2 atom stereocenters. The van der Waals surface area contributed by atoms with Gasteiger partial charge < -0.3 is 24.7 Å². The van der Waals surface area contributed by atoms with Crippen LogP contribution in [0.15, 0.2) is 36.4 Å². The molecule has 0 saturated carbocycles. The Balaban J connectivity index is 1.34. The Kier molecular flexibility index (Phi) is 10.2. The van der Waals surface area contributed by atoms with Crippen molar-refractivity contribution in [2.45, 2.75) is 50.9 Å². The van der Waals surface area contributed by atoms with Crippen LogP contribution in [0.5, 0.6) is 5.75 Å². The first-order valence-electron chi connectivity index (χ1n) is 15.1. The summed E-state index contributed by atoms with van der Waals surface area (Å²) in [5.41, 5.74) is 1.77. The molecular weight excluding hydrogens is 606 g/mol. The maximum absolute atomic E-state index is 13.7. The third-order valence-corrected chi connectivity index (χ3v) is 11.3. The molecule has 3 aromatic rings. The quantitative estimate of drug-likeness (QED) is 0.202. The van der Waals surface area contributed by atoms with Gasteiger partial charge in [0.1, 0.15) is 12.9 Å². The zero-order valence-corrected chi connectivity index (χ0v) is 27.4. The number of fused-ring (bicyclic) bond motifs is 1. The zero-order chi connectivity index (χ0) is 31.5. The lowest BCUT2D eigenvalue weighted by molar-refractivity contribution is -0.126. The number of likely N-dealkylation sites (tertiary alicyclic amines) is 1. The van der Waals surface area contributed by atoms with E-state index in [0.29, 0.717) is 39.0 Å². The van der Waals surface area contributed by atoms with Crippen molar-refractivity contribution < 1.29 is 27.2 Å². The van der Waals surface area contributed by atoms with Gasteiger partial charge in [-0.25, -0.2) is 0 Å². The van der Waals surface area contributed by atoms with Crippen LogP contribution < -0.4 is 20.7 Å². The van der Waals surface area contributed by atoms with Gasteiger partial charge in [-0.1, -0.05) is 30.9 Å². The molecule has 3 heterocycles. The highest BCUT2D eigenvalue weighted by Crippen LogP contribution is 2.40. The molecule has 44 heavy (non-hydrogen) atoms. The van der Waals surface area contributed by atoms with E-state index in [0.717, 1.165) is 56.0 Å².